The minimum atomic E-state index is -0.371. The van der Waals surface area contributed by atoms with Crippen LogP contribution in [0.5, 0.6) is 5.75 Å². The average molecular weight is 504 g/mol. The van der Waals surface area contributed by atoms with Gasteiger partial charge in [-0.25, -0.2) is 4.39 Å². The van der Waals surface area contributed by atoms with Crippen LogP contribution >= 0.6 is 0 Å². The summed E-state index contributed by atoms with van der Waals surface area (Å²) in [5, 5.41) is 0. The Bertz CT molecular complexity index is 1270. The normalized spacial score (nSPS) is 13.3. The van der Waals surface area contributed by atoms with Crippen LogP contribution in [0.4, 0.5) is 10.1 Å². The topological polar surface area (TPSA) is 70.2 Å². The fourth-order valence-corrected chi connectivity index (χ4v) is 4.36. The molecule has 3 aromatic carbocycles. The maximum absolute atomic E-state index is 13.9. The second kappa shape index (κ2) is 11.7. The first kappa shape index (κ1) is 25.9. The maximum Gasteiger partial charge on any atom is 0.258 e. The summed E-state index contributed by atoms with van der Waals surface area (Å²) in [6.45, 7) is 3.84. The van der Waals surface area contributed by atoms with Crippen molar-refractivity contribution in [1.29, 1.82) is 0 Å². The zero-order valence-corrected chi connectivity index (χ0v) is 21.0. The van der Waals surface area contributed by atoms with Gasteiger partial charge in [-0.1, -0.05) is 30.3 Å². The van der Waals surface area contributed by atoms with Gasteiger partial charge in [-0.05, 0) is 53.6 Å². The molecule has 0 aromatic heterocycles. The molecule has 0 radical (unpaired) electrons. The van der Waals surface area contributed by atoms with Crippen molar-refractivity contribution in [3.8, 4) is 5.75 Å². The van der Waals surface area contributed by atoms with Crippen molar-refractivity contribution in [2.75, 3.05) is 38.2 Å². The van der Waals surface area contributed by atoms with Crippen LogP contribution in [-0.4, -0.2) is 60.8 Å². The van der Waals surface area contributed by atoms with Crippen molar-refractivity contribution in [2.45, 2.75) is 19.9 Å². The summed E-state index contributed by atoms with van der Waals surface area (Å²) in [5.41, 5.74) is 2.55. The molecule has 1 fully saturated rings. The lowest BCUT2D eigenvalue weighted by Gasteiger charge is -2.34. The molecule has 192 valence electrons. The summed E-state index contributed by atoms with van der Waals surface area (Å²) in [5.74, 6) is -0.0387. The van der Waals surface area contributed by atoms with Gasteiger partial charge in [0.15, 0.2) is 0 Å². The number of amides is 3. The summed E-state index contributed by atoms with van der Waals surface area (Å²) >= 11 is 0. The number of piperazine rings is 1. The molecule has 3 aromatic rings. The summed E-state index contributed by atoms with van der Waals surface area (Å²) in [6, 6.07) is 20.3. The number of anilines is 1. The van der Waals surface area contributed by atoms with Gasteiger partial charge in [-0.15, -0.1) is 0 Å². The van der Waals surface area contributed by atoms with Gasteiger partial charge in [0.25, 0.3) is 5.91 Å². The number of hydrogen-bond donors (Lipinski definition) is 0. The Morgan fingerprint density at radius 2 is 1.54 bits per heavy atom. The van der Waals surface area contributed by atoms with Gasteiger partial charge in [0, 0.05) is 44.4 Å². The van der Waals surface area contributed by atoms with Gasteiger partial charge >= 0.3 is 0 Å². The molecule has 0 saturated carbocycles. The molecule has 8 heteroatoms. The van der Waals surface area contributed by atoms with Crippen molar-refractivity contribution in [3.63, 3.8) is 0 Å². The van der Waals surface area contributed by atoms with E-state index in [0.717, 1.165) is 5.56 Å². The molecule has 1 aliphatic heterocycles. The van der Waals surface area contributed by atoms with Gasteiger partial charge < -0.3 is 19.4 Å². The van der Waals surface area contributed by atoms with E-state index in [0.29, 0.717) is 48.7 Å². The molecule has 1 saturated heterocycles. The molecule has 0 bridgehead atoms. The molecule has 1 heterocycles. The van der Waals surface area contributed by atoms with Gasteiger partial charge in [-0.3, -0.25) is 14.4 Å². The second-order valence-corrected chi connectivity index (χ2v) is 8.98. The molecule has 4 rings (SSSR count). The molecule has 0 unspecified atom stereocenters. The Kier molecular flexibility index (Phi) is 8.18. The van der Waals surface area contributed by atoms with E-state index in [-0.39, 0.29) is 36.5 Å². The number of benzene rings is 3. The molecule has 37 heavy (non-hydrogen) atoms. The number of carbonyl (C=O) groups excluding carboxylic acids is 3. The summed E-state index contributed by atoms with van der Waals surface area (Å²) in [4.78, 5) is 43.0. The summed E-state index contributed by atoms with van der Waals surface area (Å²) in [6.07, 6.45) is 0.230. The van der Waals surface area contributed by atoms with E-state index in [4.69, 9.17) is 4.74 Å². The Morgan fingerprint density at radius 3 is 2.19 bits per heavy atom. The largest absolute Gasteiger partial charge is 0.497 e. The molecule has 0 N–H and O–H groups in total. The minimum absolute atomic E-state index is 0.0000240. The van der Waals surface area contributed by atoms with Crippen molar-refractivity contribution in [1.82, 2.24) is 9.80 Å². The van der Waals surface area contributed by atoms with Crippen molar-refractivity contribution >= 4 is 23.4 Å². The quantitative estimate of drug-likeness (QED) is 0.490. The maximum atomic E-state index is 13.9. The third-order valence-corrected chi connectivity index (χ3v) is 6.47. The zero-order valence-electron chi connectivity index (χ0n) is 21.0. The number of hydrogen-bond acceptors (Lipinski definition) is 4. The highest BCUT2D eigenvalue weighted by Gasteiger charge is 2.23. The summed E-state index contributed by atoms with van der Waals surface area (Å²) in [7, 11) is 1.54. The van der Waals surface area contributed by atoms with Gasteiger partial charge in [0.1, 0.15) is 11.6 Å². The van der Waals surface area contributed by atoms with Gasteiger partial charge in [0.2, 0.25) is 11.8 Å². The highest BCUT2D eigenvalue weighted by Crippen LogP contribution is 2.23. The van der Waals surface area contributed by atoms with E-state index in [9.17, 15) is 18.8 Å². The highest BCUT2D eigenvalue weighted by atomic mass is 19.1. The fourth-order valence-electron chi connectivity index (χ4n) is 4.36. The molecular formula is C29H30FN3O4. The lowest BCUT2D eigenvalue weighted by atomic mass is 10.1. The molecular weight excluding hydrogens is 473 g/mol. The predicted octanol–water partition coefficient (Wildman–Crippen LogP) is 3.91. The van der Waals surface area contributed by atoms with Crippen molar-refractivity contribution < 1.29 is 23.5 Å². The smallest absolute Gasteiger partial charge is 0.258 e. The van der Waals surface area contributed by atoms with E-state index in [1.807, 2.05) is 12.1 Å². The van der Waals surface area contributed by atoms with E-state index in [1.165, 1.54) is 26.2 Å². The molecule has 0 aliphatic carbocycles. The van der Waals surface area contributed by atoms with Crippen LogP contribution in [0.1, 0.15) is 28.4 Å². The number of carbonyl (C=O) groups is 3. The third-order valence-electron chi connectivity index (χ3n) is 6.47. The fraction of sp³-hybridized carbons (Fsp3) is 0.276. The third kappa shape index (κ3) is 6.52. The van der Waals surface area contributed by atoms with Crippen LogP contribution in [0, 0.1) is 5.82 Å². The van der Waals surface area contributed by atoms with E-state index < -0.39 is 0 Å². The summed E-state index contributed by atoms with van der Waals surface area (Å²) < 4.78 is 19.1. The SMILES string of the molecule is COc1cccc(C(=O)N(Cc2cccc(F)c2)c2ccc(CC(=O)N3CCN(C(C)=O)CC3)cc2)c1. The van der Waals surface area contributed by atoms with Crippen LogP contribution in [0.15, 0.2) is 72.8 Å². The Balaban J connectivity index is 1.51. The lowest BCUT2D eigenvalue weighted by Crippen LogP contribution is -2.50. The molecule has 1 aliphatic rings. The standard InChI is InChI=1S/C29H30FN3O4/c1-21(34)31-13-15-32(16-14-31)28(35)18-22-9-11-26(12-10-22)33(20-23-5-3-7-25(30)17-23)29(36)24-6-4-8-27(19-24)37-2/h3-12,17,19H,13-16,18,20H2,1-2H3. The average Bonchev–Trinajstić information content (AvgIpc) is 2.92. The molecule has 3 amide bonds. The van der Waals surface area contributed by atoms with Crippen LogP contribution < -0.4 is 9.64 Å². The van der Waals surface area contributed by atoms with Gasteiger partial charge in [-0.2, -0.15) is 0 Å². The predicted molar refractivity (Wildman–Crippen MR) is 139 cm³/mol. The number of nitrogens with zero attached hydrogens (tertiary/aromatic N) is 3. The number of halogens is 1. The van der Waals surface area contributed by atoms with Gasteiger partial charge in [0.05, 0.1) is 20.1 Å². The lowest BCUT2D eigenvalue weighted by molar-refractivity contribution is -0.138. The second-order valence-electron chi connectivity index (χ2n) is 8.98. The monoisotopic (exact) mass is 503 g/mol. The first-order chi connectivity index (χ1) is 17.8. The number of ether oxygens (including phenoxy) is 1. The molecule has 0 atom stereocenters. The van der Waals surface area contributed by atoms with E-state index >= 15 is 0 Å². The Hall–Kier alpha value is -4.20. The van der Waals surface area contributed by atoms with E-state index in [1.54, 1.807) is 63.2 Å². The Morgan fingerprint density at radius 1 is 0.865 bits per heavy atom. The number of rotatable bonds is 7. The molecule has 7 nitrogen and oxygen atoms in total. The first-order valence-electron chi connectivity index (χ1n) is 12.2. The van der Waals surface area contributed by atoms with Crippen molar-refractivity contribution in [2.24, 2.45) is 0 Å². The van der Waals surface area contributed by atoms with Crippen LogP contribution in [0.2, 0.25) is 0 Å². The molecule has 0 spiro atoms. The van der Waals surface area contributed by atoms with Crippen LogP contribution in [0.25, 0.3) is 0 Å². The minimum Gasteiger partial charge on any atom is -0.497 e. The number of methoxy groups -OCH3 is 1. The highest BCUT2D eigenvalue weighted by molar-refractivity contribution is 6.06. The van der Waals surface area contributed by atoms with Crippen molar-refractivity contribution in [3.05, 3.63) is 95.3 Å². The Labute approximate surface area is 216 Å². The van der Waals surface area contributed by atoms with Crippen LogP contribution in [0.3, 0.4) is 0 Å². The van der Waals surface area contributed by atoms with E-state index in [2.05, 4.69) is 0 Å². The first-order valence-corrected chi connectivity index (χ1v) is 12.2. The van der Waals surface area contributed by atoms with Crippen LogP contribution in [-0.2, 0) is 22.6 Å². The zero-order chi connectivity index (χ0) is 26.4.